The van der Waals surface area contributed by atoms with Gasteiger partial charge < -0.3 is 4.74 Å². The van der Waals surface area contributed by atoms with Crippen molar-refractivity contribution in [1.29, 1.82) is 0 Å². The fraction of sp³-hybridized carbons (Fsp3) is 0.385. The van der Waals surface area contributed by atoms with Gasteiger partial charge in [0.2, 0.25) is 0 Å². The highest BCUT2D eigenvalue weighted by Crippen LogP contribution is 2.37. The van der Waals surface area contributed by atoms with Crippen molar-refractivity contribution >= 4 is 11.8 Å². The summed E-state index contributed by atoms with van der Waals surface area (Å²) in [4.78, 5) is 23.8. The predicted octanol–water partition coefficient (Wildman–Crippen LogP) is 1.91. The molecule has 0 fully saturated rings. The van der Waals surface area contributed by atoms with Crippen LogP contribution in [0.5, 0.6) is 0 Å². The molecule has 0 bridgehead atoms. The van der Waals surface area contributed by atoms with Gasteiger partial charge in [-0.3, -0.25) is 9.59 Å². The number of rotatable bonds is 1. The number of ether oxygens (including phenoxy) is 1. The Morgan fingerprint density at radius 1 is 1.44 bits per heavy atom. The Hall–Kier alpha value is -1.64. The molecule has 3 heteroatoms. The second-order valence-corrected chi connectivity index (χ2v) is 4.49. The van der Waals surface area contributed by atoms with Crippen LogP contribution in [-0.2, 0) is 16.0 Å². The first-order chi connectivity index (χ1) is 7.49. The van der Waals surface area contributed by atoms with E-state index in [1.807, 2.05) is 25.1 Å². The molecular formula is C13H14O3. The van der Waals surface area contributed by atoms with E-state index in [1.165, 1.54) is 7.11 Å². The van der Waals surface area contributed by atoms with Crippen LogP contribution in [0.15, 0.2) is 18.2 Å². The smallest absolute Gasteiger partial charge is 0.319 e. The Morgan fingerprint density at radius 3 is 2.75 bits per heavy atom. The largest absolute Gasteiger partial charge is 0.468 e. The quantitative estimate of drug-likeness (QED) is 0.534. The van der Waals surface area contributed by atoms with Crippen LogP contribution >= 0.6 is 0 Å². The van der Waals surface area contributed by atoms with Crippen LogP contribution in [-0.4, -0.2) is 18.9 Å². The molecule has 16 heavy (non-hydrogen) atoms. The second-order valence-electron chi connectivity index (χ2n) is 4.49. The fourth-order valence-electron chi connectivity index (χ4n) is 2.20. The zero-order chi connectivity index (χ0) is 11.9. The molecule has 0 radical (unpaired) electrons. The van der Waals surface area contributed by atoms with Crippen molar-refractivity contribution in [1.82, 2.24) is 0 Å². The lowest BCUT2D eigenvalue weighted by atomic mass is 9.86. The van der Waals surface area contributed by atoms with Gasteiger partial charge in [0.05, 0.1) is 7.11 Å². The molecule has 0 aliphatic heterocycles. The highest BCUT2D eigenvalue weighted by Gasteiger charge is 2.48. The molecule has 1 aliphatic carbocycles. The maximum absolute atomic E-state index is 12.2. The third-order valence-corrected chi connectivity index (χ3v) is 3.19. The number of aryl methyl sites for hydroxylation is 1. The van der Waals surface area contributed by atoms with Gasteiger partial charge >= 0.3 is 5.97 Å². The van der Waals surface area contributed by atoms with Crippen LogP contribution in [0.25, 0.3) is 0 Å². The number of Topliss-reactive ketones (excluding diaryl/α,β-unsaturated/α-hetero) is 1. The molecule has 1 aliphatic rings. The molecule has 0 saturated heterocycles. The number of methoxy groups -OCH3 is 1. The summed E-state index contributed by atoms with van der Waals surface area (Å²) in [6.07, 6.45) is 0.439. The fourth-order valence-corrected chi connectivity index (χ4v) is 2.20. The molecule has 1 aromatic carbocycles. The molecule has 0 N–H and O–H groups in total. The van der Waals surface area contributed by atoms with E-state index < -0.39 is 11.4 Å². The summed E-state index contributed by atoms with van der Waals surface area (Å²) >= 11 is 0. The van der Waals surface area contributed by atoms with E-state index in [0.29, 0.717) is 12.0 Å². The topological polar surface area (TPSA) is 43.4 Å². The minimum Gasteiger partial charge on any atom is -0.468 e. The summed E-state index contributed by atoms with van der Waals surface area (Å²) in [5.41, 5.74) is 1.59. The zero-order valence-corrected chi connectivity index (χ0v) is 9.66. The molecule has 0 saturated carbocycles. The minimum atomic E-state index is -1.04. The molecule has 3 nitrogen and oxygen atoms in total. The monoisotopic (exact) mass is 218 g/mol. The first-order valence-corrected chi connectivity index (χ1v) is 5.22. The zero-order valence-electron chi connectivity index (χ0n) is 9.66. The van der Waals surface area contributed by atoms with Gasteiger partial charge in [-0.2, -0.15) is 0 Å². The first kappa shape index (κ1) is 10.9. The van der Waals surface area contributed by atoms with Crippen LogP contribution in [0.1, 0.15) is 28.4 Å². The van der Waals surface area contributed by atoms with E-state index in [4.69, 9.17) is 4.74 Å². The average Bonchev–Trinajstić information content (AvgIpc) is 2.52. The van der Waals surface area contributed by atoms with Gasteiger partial charge in [0.1, 0.15) is 5.41 Å². The average molecular weight is 218 g/mol. The van der Waals surface area contributed by atoms with E-state index in [-0.39, 0.29) is 5.78 Å². The van der Waals surface area contributed by atoms with Crippen LogP contribution in [0.3, 0.4) is 0 Å². The van der Waals surface area contributed by atoms with Crippen molar-refractivity contribution in [3.63, 3.8) is 0 Å². The van der Waals surface area contributed by atoms with E-state index in [9.17, 15) is 9.59 Å². The van der Waals surface area contributed by atoms with Crippen LogP contribution < -0.4 is 0 Å². The lowest BCUT2D eigenvalue weighted by Gasteiger charge is -2.17. The maximum atomic E-state index is 12.2. The Morgan fingerprint density at radius 2 is 2.12 bits per heavy atom. The van der Waals surface area contributed by atoms with Crippen LogP contribution in [0.4, 0.5) is 0 Å². The highest BCUT2D eigenvalue weighted by atomic mass is 16.5. The number of hydrogen-bond donors (Lipinski definition) is 0. The maximum Gasteiger partial charge on any atom is 0.319 e. The molecule has 0 amide bonds. The molecule has 1 unspecified atom stereocenters. The summed E-state index contributed by atoms with van der Waals surface area (Å²) in [5, 5.41) is 0. The van der Waals surface area contributed by atoms with E-state index in [0.717, 1.165) is 11.1 Å². The Balaban J connectivity index is 2.49. The molecule has 2 rings (SSSR count). The molecule has 0 spiro atoms. The molecule has 0 heterocycles. The molecular weight excluding hydrogens is 204 g/mol. The molecule has 1 aromatic rings. The predicted molar refractivity (Wildman–Crippen MR) is 59.3 cm³/mol. The summed E-state index contributed by atoms with van der Waals surface area (Å²) in [7, 11) is 1.31. The summed E-state index contributed by atoms with van der Waals surface area (Å²) in [6.45, 7) is 3.58. The third kappa shape index (κ3) is 1.35. The second kappa shape index (κ2) is 3.44. The van der Waals surface area contributed by atoms with Gasteiger partial charge in [-0.1, -0.05) is 17.7 Å². The SMILES string of the molecule is COC(=O)C1(C)Cc2ccc(C)cc2C1=O. The Kier molecular flexibility index (Phi) is 2.34. The number of carbonyl (C=O) groups excluding carboxylic acids is 2. The Labute approximate surface area is 94.4 Å². The molecule has 1 atom stereocenters. The van der Waals surface area contributed by atoms with Gasteiger partial charge in [-0.15, -0.1) is 0 Å². The molecule has 0 aromatic heterocycles. The third-order valence-electron chi connectivity index (χ3n) is 3.19. The Bertz CT molecular complexity index is 476. The van der Waals surface area contributed by atoms with Gasteiger partial charge in [0.25, 0.3) is 0 Å². The van der Waals surface area contributed by atoms with Crippen molar-refractivity contribution in [2.24, 2.45) is 5.41 Å². The summed E-state index contributed by atoms with van der Waals surface area (Å²) in [6, 6.07) is 5.71. The number of carbonyl (C=O) groups is 2. The number of ketones is 1. The van der Waals surface area contributed by atoms with E-state index in [1.54, 1.807) is 6.92 Å². The number of esters is 1. The normalized spacial score (nSPS) is 23.1. The van der Waals surface area contributed by atoms with Gasteiger partial charge in [0.15, 0.2) is 5.78 Å². The highest BCUT2D eigenvalue weighted by molar-refractivity contribution is 6.15. The standard InChI is InChI=1S/C13H14O3/c1-8-4-5-9-7-13(2,12(15)16-3)11(14)10(9)6-8/h4-6H,7H2,1-3H3. The van der Waals surface area contributed by atoms with Gasteiger partial charge in [-0.05, 0) is 31.9 Å². The van der Waals surface area contributed by atoms with Crippen molar-refractivity contribution in [2.75, 3.05) is 7.11 Å². The minimum absolute atomic E-state index is 0.127. The van der Waals surface area contributed by atoms with Gasteiger partial charge in [0, 0.05) is 5.56 Å². The molecule has 84 valence electrons. The van der Waals surface area contributed by atoms with Crippen molar-refractivity contribution in [2.45, 2.75) is 20.3 Å². The van der Waals surface area contributed by atoms with Crippen molar-refractivity contribution < 1.29 is 14.3 Å². The first-order valence-electron chi connectivity index (χ1n) is 5.22. The van der Waals surface area contributed by atoms with Crippen LogP contribution in [0, 0.1) is 12.3 Å². The van der Waals surface area contributed by atoms with Gasteiger partial charge in [-0.25, -0.2) is 0 Å². The van der Waals surface area contributed by atoms with E-state index in [2.05, 4.69) is 0 Å². The number of hydrogen-bond acceptors (Lipinski definition) is 3. The lowest BCUT2D eigenvalue weighted by molar-refractivity contribution is -0.148. The lowest BCUT2D eigenvalue weighted by Crippen LogP contribution is -2.34. The van der Waals surface area contributed by atoms with Crippen LogP contribution in [0.2, 0.25) is 0 Å². The summed E-state index contributed by atoms with van der Waals surface area (Å²) in [5.74, 6) is -0.579. The van der Waals surface area contributed by atoms with Crippen molar-refractivity contribution in [3.8, 4) is 0 Å². The number of fused-ring (bicyclic) bond motifs is 1. The summed E-state index contributed by atoms with van der Waals surface area (Å²) < 4.78 is 4.71. The van der Waals surface area contributed by atoms with Crippen molar-refractivity contribution in [3.05, 3.63) is 34.9 Å². The number of benzene rings is 1. The van der Waals surface area contributed by atoms with E-state index >= 15 is 0 Å².